The molecule has 21 heavy (non-hydrogen) atoms. The summed E-state index contributed by atoms with van der Waals surface area (Å²) in [6.07, 6.45) is 1.47. The molecular weight excluding hydrogens is 310 g/mol. The van der Waals surface area contributed by atoms with E-state index in [2.05, 4.69) is 15.0 Å². The first-order valence-corrected chi connectivity index (χ1v) is 7.26. The lowest BCUT2D eigenvalue weighted by atomic mass is 10.1. The van der Waals surface area contributed by atoms with Crippen molar-refractivity contribution in [1.29, 1.82) is 0 Å². The van der Waals surface area contributed by atoms with Crippen LogP contribution in [0.15, 0.2) is 35.3 Å². The van der Waals surface area contributed by atoms with Crippen LogP contribution >= 0.6 is 22.9 Å². The molecule has 0 spiro atoms. The van der Waals surface area contributed by atoms with Gasteiger partial charge in [0.1, 0.15) is 9.90 Å². The zero-order valence-corrected chi connectivity index (χ0v) is 12.5. The second-order valence-electron chi connectivity index (χ2n) is 4.45. The van der Waals surface area contributed by atoms with Crippen LogP contribution in [0.1, 0.15) is 5.56 Å². The van der Waals surface area contributed by atoms with Crippen molar-refractivity contribution in [3.05, 3.63) is 50.7 Å². The number of aromatic amines is 1. The molecule has 0 saturated carbocycles. The lowest BCUT2D eigenvalue weighted by Crippen LogP contribution is -2.12. The van der Waals surface area contributed by atoms with Crippen LogP contribution in [0.3, 0.4) is 0 Å². The van der Waals surface area contributed by atoms with Crippen molar-refractivity contribution < 1.29 is 5.11 Å². The van der Waals surface area contributed by atoms with Crippen molar-refractivity contribution in [2.75, 3.05) is 0 Å². The number of hydrogen-bond acceptors (Lipinski definition) is 5. The predicted molar refractivity (Wildman–Crippen MR) is 82.8 cm³/mol. The third-order valence-corrected chi connectivity index (χ3v) is 4.01. The quantitative estimate of drug-likeness (QED) is 0.760. The van der Waals surface area contributed by atoms with E-state index in [0.29, 0.717) is 14.9 Å². The maximum Gasteiger partial charge on any atom is 0.263 e. The number of rotatable bonds is 2. The third-order valence-electron chi connectivity index (χ3n) is 2.89. The van der Waals surface area contributed by atoms with Gasteiger partial charge in [-0.25, -0.2) is 4.98 Å². The molecule has 7 heteroatoms. The molecule has 0 aliphatic rings. The number of nitrogens with zero attached hydrogens (tertiary/aromatic N) is 2. The molecule has 0 unspecified atom stereocenters. The largest absolute Gasteiger partial charge is 0.493 e. The van der Waals surface area contributed by atoms with Crippen LogP contribution in [-0.4, -0.2) is 20.1 Å². The van der Waals surface area contributed by atoms with Crippen LogP contribution in [0, 0.1) is 6.92 Å². The van der Waals surface area contributed by atoms with Gasteiger partial charge in [0.2, 0.25) is 5.88 Å². The van der Waals surface area contributed by atoms with E-state index in [0.717, 1.165) is 5.56 Å². The molecule has 0 radical (unpaired) electrons. The summed E-state index contributed by atoms with van der Waals surface area (Å²) in [5, 5.41) is 10.5. The highest BCUT2D eigenvalue weighted by atomic mass is 35.5. The zero-order valence-electron chi connectivity index (χ0n) is 10.9. The molecule has 0 saturated heterocycles. The van der Waals surface area contributed by atoms with Crippen LogP contribution in [-0.2, 0) is 0 Å². The number of aromatic nitrogens is 3. The smallest absolute Gasteiger partial charge is 0.263 e. The molecule has 0 bridgehead atoms. The number of nitrogens with one attached hydrogen (secondary N) is 1. The molecule has 0 atom stereocenters. The minimum absolute atomic E-state index is 0.144. The lowest BCUT2D eigenvalue weighted by molar-refractivity contribution is 0.454. The normalized spacial score (nSPS) is 10.8. The van der Waals surface area contributed by atoms with Crippen LogP contribution in [0.5, 0.6) is 5.88 Å². The maximum atomic E-state index is 12.2. The van der Waals surface area contributed by atoms with Gasteiger partial charge in [0.25, 0.3) is 5.56 Å². The Morgan fingerprint density at radius 3 is 2.81 bits per heavy atom. The summed E-state index contributed by atoms with van der Waals surface area (Å²) >= 11 is 6.98. The summed E-state index contributed by atoms with van der Waals surface area (Å²) in [5.41, 5.74) is 1.33. The van der Waals surface area contributed by atoms with E-state index >= 15 is 0 Å². The van der Waals surface area contributed by atoms with Gasteiger partial charge in [-0.05, 0) is 12.5 Å². The van der Waals surface area contributed by atoms with Gasteiger partial charge in [0.15, 0.2) is 10.8 Å². The second kappa shape index (κ2) is 5.31. The minimum Gasteiger partial charge on any atom is -0.493 e. The molecule has 2 N–H and O–H groups in total. The summed E-state index contributed by atoms with van der Waals surface area (Å²) in [4.78, 5) is 22.9. The SMILES string of the molecule is Cc1cccc(-c2c(O)nc(-c3ncc(Cl)s3)[nH]c2=O)c1. The first-order valence-electron chi connectivity index (χ1n) is 6.06. The fourth-order valence-corrected chi connectivity index (χ4v) is 2.84. The molecule has 0 amide bonds. The summed E-state index contributed by atoms with van der Waals surface area (Å²) in [7, 11) is 0. The Bertz CT molecular complexity index is 873. The molecule has 0 aliphatic carbocycles. The van der Waals surface area contributed by atoms with Crippen molar-refractivity contribution in [2.45, 2.75) is 6.92 Å². The van der Waals surface area contributed by atoms with E-state index in [-0.39, 0.29) is 17.3 Å². The summed E-state index contributed by atoms with van der Waals surface area (Å²) in [6.45, 7) is 1.91. The minimum atomic E-state index is -0.422. The Morgan fingerprint density at radius 1 is 1.38 bits per heavy atom. The van der Waals surface area contributed by atoms with E-state index in [4.69, 9.17) is 11.6 Å². The third kappa shape index (κ3) is 2.68. The molecule has 106 valence electrons. The summed E-state index contributed by atoms with van der Waals surface area (Å²) in [6, 6.07) is 7.29. The number of aryl methyl sites for hydroxylation is 1. The predicted octanol–water partition coefficient (Wildman–Crippen LogP) is 3.23. The molecule has 3 rings (SSSR count). The number of thiazole rings is 1. The molecule has 2 heterocycles. The van der Waals surface area contributed by atoms with E-state index in [1.807, 2.05) is 25.1 Å². The Morgan fingerprint density at radius 2 is 2.19 bits per heavy atom. The van der Waals surface area contributed by atoms with Crippen LogP contribution in [0.4, 0.5) is 0 Å². The first kappa shape index (κ1) is 13.8. The highest BCUT2D eigenvalue weighted by molar-refractivity contribution is 7.18. The fourth-order valence-electron chi connectivity index (χ4n) is 1.99. The molecule has 1 aromatic carbocycles. The molecule has 0 aliphatic heterocycles. The van der Waals surface area contributed by atoms with Gasteiger partial charge in [-0.15, -0.1) is 0 Å². The van der Waals surface area contributed by atoms with Crippen molar-refractivity contribution in [2.24, 2.45) is 0 Å². The summed E-state index contributed by atoms with van der Waals surface area (Å²) in [5.74, 6) is -0.128. The van der Waals surface area contributed by atoms with Crippen molar-refractivity contribution >= 4 is 22.9 Å². The monoisotopic (exact) mass is 319 g/mol. The van der Waals surface area contributed by atoms with Gasteiger partial charge < -0.3 is 10.1 Å². The van der Waals surface area contributed by atoms with Crippen molar-refractivity contribution in [1.82, 2.24) is 15.0 Å². The molecular formula is C14H10ClN3O2S. The molecule has 5 nitrogen and oxygen atoms in total. The topological polar surface area (TPSA) is 78.9 Å². The highest BCUT2D eigenvalue weighted by Gasteiger charge is 2.15. The van der Waals surface area contributed by atoms with Gasteiger partial charge in [-0.3, -0.25) is 4.79 Å². The van der Waals surface area contributed by atoms with Gasteiger partial charge in [0.05, 0.1) is 6.20 Å². The van der Waals surface area contributed by atoms with Crippen molar-refractivity contribution in [3.8, 4) is 27.8 Å². The standard InChI is InChI=1S/C14H10ClN3O2S/c1-7-3-2-4-8(5-7)10-12(19)17-11(18-13(10)20)14-16-6-9(15)21-14/h2-6H,1H3,(H2,17,18,19,20). The first-order chi connectivity index (χ1) is 10.0. The highest BCUT2D eigenvalue weighted by Crippen LogP contribution is 2.29. The molecule has 0 fully saturated rings. The number of H-pyrrole nitrogens is 1. The Hall–Kier alpha value is -2.18. The Balaban J connectivity index is 2.15. The van der Waals surface area contributed by atoms with Gasteiger partial charge in [0, 0.05) is 0 Å². The van der Waals surface area contributed by atoms with Gasteiger partial charge >= 0.3 is 0 Å². The van der Waals surface area contributed by atoms with Crippen LogP contribution < -0.4 is 5.56 Å². The number of aromatic hydroxyl groups is 1. The van der Waals surface area contributed by atoms with E-state index in [9.17, 15) is 9.90 Å². The number of halogens is 1. The van der Waals surface area contributed by atoms with Crippen LogP contribution in [0.25, 0.3) is 22.0 Å². The second-order valence-corrected chi connectivity index (χ2v) is 6.11. The zero-order chi connectivity index (χ0) is 15.0. The number of benzene rings is 1. The Labute approximate surface area is 128 Å². The van der Waals surface area contributed by atoms with E-state index in [1.165, 1.54) is 17.5 Å². The average Bonchev–Trinajstić information content (AvgIpc) is 2.85. The van der Waals surface area contributed by atoms with Gasteiger partial charge in [-0.1, -0.05) is 52.8 Å². The van der Waals surface area contributed by atoms with E-state index in [1.54, 1.807) is 6.07 Å². The van der Waals surface area contributed by atoms with Crippen molar-refractivity contribution in [3.63, 3.8) is 0 Å². The lowest BCUT2D eigenvalue weighted by Gasteiger charge is -2.05. The molecule has 2 aromatic heterocycles. The molecule has 3 aromatic rings. The maximum absolute atomic E-state index is 12.2. The van der Waals surface area contributed by atoms with Crippen LogP contribution in [0.2, 0.25) is 4.34 Å². The van der Waals surface area contributed by atoms with E-state index < -0.39 is 5.56 Å². The average molecular weight is 320 g/mol. The number of hydrogen-bond donors (Lipinski definition) is 2. The fraction of sp³-hybridized carbons (Fsp3) is 0.0714. The Kier molecular flexibility index (Phi) is 3.48. The summed E-state index contributed by atoms with van der Waals surface area (Å²) < 4.78 is 0.481. The van der Waals surface area contributed by atoms with Gasteiger partial charge in [-0.2, -0.15) is 4.98 Å².